The van der Waals surface area contributed by atoms with E-state index in [1.807, 2.05) is 72.2 Å². The number of amides is 2. The van der Waals surface area contributed by atoms with Crippen molar-refractivity contribution >= 4 is 34.3 Å². The van der Waals surface area contributed by atoms with Crippen LogP contribution >= 0.6 is 0 Å². The molecule has 2 aromatic carbocycles. The molecular weight excluding hydrogens is 390 g/mol. The average molecular weight is 413 g/mol. The molecule has 0 unspecified atom stereocenters. The SMILES string of the molecule is CCNC(=O)Nc1cc2c(=O)cc(Nc3ccccc3)n(-c3ccccc3)c2nc1C. The predicted molar refractivity (Wildman–Crippen MR) is 124 cm³/mol. The number of aromatic nitrogens is 2. The van der Waals surface area contributed by atoms with E-state index in [0.717, 1.165) is 11.4 Å². The van der Waals surface area contributed by atoms with Gasteiger partial charge in [-0.3, -0.25) is 9.36 Å². The van der Waals surface area contributed by atoms with Gasteiger partial charge < -0.3 is 16.0 Å². The number of carbonyl (C=O) groups is 1. The lowest BCUT2D eigenvalue weighted by Gasteiger charge is -2.19. The first-order valence-corrected chi connectivity index (χ1v) is 10.1. The first kappa shape index (κ1) is 20.2. The maximum Gasteiger partial charge on any atom is 0.319 e. The molecule has 4 aromatic rings. The molecule has 2 aromatic heterocycles. The number of nitrogens with one attached hydrogen (secondary N) is 3. The van der Waals surface area contributed by atoms with Crippen molar-refractivity contribution < 1.29 is 4.79 Å². The summed E-state index contributed by atoms with van der Waals surface area (Å²) < 4.78 is 1.91. The monoisotopic (exact) mass is 413 g/mol. The standard InChI is InChI=1S/C24H23N5O2/c1-3-25-24(31)28-20-14-19-21(30)15-22(27-17-10-6-4-7-11-17)29(23(19)26-16(20)2)18-12-8-5-9-13-18/h4-15,27H,3H2,1-2H3,(H2,25,28,31). The molecule has 2 heterocycles. The van der Waals surface area contributed by atoms with Crippen molar-refractivity contribution in [1.82, 2.24) is 14.9 Å². The number of benzene rings is 2. The molecule has 3 N–H and O–H groups in total. The Hall–Kier alpha value is -4.13. The molecular formula is C24H23N5O2. The van der Waals surface area contributed by atoms with Gasteiger partial charge in [0.1, 0.15) is 11.5 Å². The summed E-state index contributed by atoms with van der Waals surface area (Å²) in [5, 5.41) is 9.20. The maximum atomic E-state index is 13.0. The second-order valence-electron chi connectivity index (χ2n) is 7.03. The van der Waals surface area contributed by atoms with Crippen LogP contribution in [0.25, 0.3) is 16.7 Å². The van der Waals surface area contributed by atoms with Crippen LogP contribution in [-0.4, -0.2) is 22.1 Å². The fraction of sp³-hybridized carbons (Fsp3) is 0.125. The Kier molecular flexibility index (Phi) is 5.66. The topological polar surface area (TPSA) is 88.0 Å². The average Bonchev–Trinajstić information content (AvgIpc) is 2.76. The minimum absolute atomic E-state index is 0.188. The van der Waals surface area contributed by atoms with E-state index in [-0.39, 0.29) is 11.5 Å². The predicted octanol–water partition coefficient (Wildman–Crippen LogP) is 4.58. The highest BCUT2D eigenvalue weighted by Crippen LogP contribution is 2.26. The van der Waals surface area contributed by atoms with Gasteiger partial charge in [-0.2, -0.15) is 0 Å². The zero-order valence-electron chi connectivity index (χ0n) is 17.3. The molecule has 0 aliphatic carbocycles. The van der Waals surface area contributed by atoms with Gasteiger partial charge in [-0.1, -0.05) is 36.4 Å². The van der Waals surface area contributed by atoms with Crippen LogP contribution in [0.1, 0.15) is 12.6 Å². The number of urea groups is 1. The van der Waals surface area contributed by atoms with Crippen molar-refractivity contribution in [3.05, 3.63) is 88.7 Å². The molecule has 0 aliphatic heterocycles. The molecule has 4 rings (SSSR count). The summed E-state index contributed by atoms with van der Waals surface area (Å²) in [6.45, 7) is 4.14. The summed E-state index contributed by atoms with van der Waals surface area (Å²) in [4.78, 5) is 29.7. The van der Waals surface area contributed by atoms with Gasteiger partial charge >= 0.3 is 6.03 Å². The van der Waals surface area contributed by atoms with Crippen LogP contribution < -0.4 is 21.4 Å². The fourth-order valence-electron chi connectivity index (χ4n) is 3.38. The van der Waals surface area contributed by atoms with Crippen LogP contribution in [0.3, 0.4) is 0 Å². The number of pyridine rings is 2. The second kappa shape index (κ2) is 8.71. The highest BCUT2D eigenvalue weighted by molar-refractivity contribution is 5.93. The number of anilines is 3. The van der Waals surface area contributed by atoms with Gasteiger partial charge in [0.25, 0.3) is 0 Å². The number of hydrogen-bond acceptors (Lipinski definition) is 4. The van der Waals surface area contributed by atoms with Crippen LogP contribution in [0, 0.1) is 6.92 Å². The van der Waals surface area contributed by atoms with Crippen LogP contribution in [0.5, 0.6) is 0 Å². The summed E-state index contributed by atoms with van der Waals surface area (Å²) in [6.07, 6.45) is 0. The third kappa shape index (κ3) is 4.25. The third-order valence-corrected chi connectivity index (χ3v) is 4.83. The Labute approximate surface area is 179 Å². The molecule has 7 heteroatoms. The minimum Gasteiger partial charge on any atom is -0.341 e. The van der Waals surface area contributed by atoms with Crippen molar-refractivity contribution in [2.24, 2.45) is 0 Å². The minimum atomic E-state index is -0.336. The first-order chi connectivity index (χ1) is 15.1. The van der Waals surface area contributed by atoms with Gasteiger partial charge in [0.15, 0.2) is 5.43 Å². The molecule has 0 atom stereocenters. The molecule has 0 fully saturated rings. The Morgan fingerprint density at radius 2 is 1.68 bits per heavy atom. The number of para-hydroxylation sites is 2. The number of rotatable bonds is 5. The molecule has 2 amide bonds. The van der Waals surface area contributed by atoms with Crippen LogP contribution in [-0.2, 0) is 0 Å². The highest BCUT2D eigenvalue weighted by atomic mass is 16.2. The van der Waals surface area contributed by atoms with Crippen molar-refractivity contribution in [2.45, 2.75) is 13.8 Å². The number of nitrogens with zero attached hydrogens (tertiary/aromatic N) is 2. The molecule has 0 radical (unpaired) electrons. The molecule has 31 heavy (non-hydrogen) atoms. The van der Waals surface area contributed by atoms with E-state index < -0.39 is 0 Å². The smallest absolute Gasteiger partial charge is 0.319 e. The Bertz CT molecular complexity index is 1280. The van der Waals surface area contributed by atoms with E-state index >= 15 is 0 Å². The zero-order valence-corrected chi connectivity index (χ0v) is 17.3. The maximum absolute atomic E-state index is 13.0. The summed E-state index contributed by atoms with van der Waals surface area (Å²) >= 11 is 0. The molecule has 0 aliphatic rings. The number of fused-ring (bicyclic) bond motifs is 1. The van der Waals surface area contributed by atoms with Gasteiger partial charge in [-0.15, -0.1) is 0 Å². The molecule has 0 spiro atoms. The van der Waals surface area contributed by atoms with E-state index in [9.17, 15) is 9.59 Å². The second-order valence-corrected chi connectivity index (χ2v) is 7.03. The van der Waals surface area contributed by atoms with E-state index in [1.54, 1.807) is 19.1 Å². The van der Waals surface area contributed by atoms with Gasteiger partial charge in [0.05, 0.1) is 16.8 Å². The van der Waals surface area contributed by atoms with Crippen molar-refractivity contribution in [3.63, 3.8) is 0 Å². The van der Waals surface area contributed by atoms with Crippen molar-refractivity contribution in [3.8, 4) is 5.69 Å². The summed E-state index contributed by atoms with van der Waals surface area (Å²) in [6, 6.07) is 22.3. The van der Waals surface area contributed by atoms with E-state index in [1.165, 1.54) is 0 Å². The molecule has 7 nitrogen and oxygen atoms in total. The highest BCUT2D eigenvalue weighted by Gasteiger charge is 2.16. The van der Waals surface area contributed by atoms with Gasteiger partial charge in [-0.25, -0.2) is 9.78 Å². The van der Waals surface area contributed by atoms with Crippen LogP contribution in [0.2, 0.25) is 0 Å². The summed E-state index contributed by atoms with van der Waals surface area (Å²) in [7, 11) is 0. The number of aryl methyl sites for hydroxylation is 1. The third-order valence-electron chi connectivity index (χ3n) is 4.83. The number of hydrogen-bond donors (Lipinski definition) is 3. The van der Waals surface area contributed by atoms with Crippen molar-refractivity contribution in [1.29, 1.82) is 0 Å². The lowest BCUT2D eigenvalue weighted by atomic mass is 10.2. The van der Waals surface area contributed by atoms with E-state index in [0.29, 0.717) is 34.8 Å². The quantitative estimate of drug-likeness (QED) is 0.447. The van der Waals surface area contributed by atoms with E-state index in [4.69, 9.17) is 4.98 Å². The molecule has 0 bridgehead atoms. The lowest BCUT2D eigenvalue weighted by Crippen LogP contribution is -2.28. The Morgan fingerprint density at radius 1 is 1.00 bits per heavy atom. The zero-order chi connectivity index (χ0) is 21.8. The fourth-order valence-corrected chi connectivity index (χ4v) is 3.38. The molecule has 0 saturated heterocycles. The van der Waals surface area contributed by atoms with Crippen LogP contribution in [0.15, 0.2) is 77.6 Å². The summed E-state index contributed by atoms with van der Waals surface area (Å²) in [5.41, 5.74) is 3.15. The van der Waals surface area contributed by atoms with Gasteiger partial charge in [0.2, 0.25) is 0 Å². The van der Waals surface area contributed by atoms with Crippen LogP contribution in [0.4, 0.5) is 22.0 Å². The van der Waals surface area contributed by atoms with Gasteiger partial charge in [-0.05, 0) is 44.2 Å². The largest absolute Gasteiger partial charge is 0.341 e. The Morgan fingerprint density at radius 3 is 2.35 bits per heavy atom. The Balaban J connectivity index is 1.92. The molecule has 0 saturated carbocycles. The lowest BCUT2D eigenvalue weighted by molar-refractivity contribution is 0.252. The van der Waals surface area contributed by atoms with E-state index in [2.05, 4.69) is 16.0 Å². The first-order valence-electron chi connectivity index (χ1n) is 10.1. The molecule has 156 valence electrons. The summed E-state index contributed by atoms with van der Waals surface area (Å²) in [5.74, 6) is 0.603. The number of carbonyl (C=O) groups excluding carboxylic acids is 1. The van der Waals surface area contributed by atoms with Gasteiger partial charge in [0, 0.05) is 24.0 Å². The van der Waals surface area contributed by atoms with Crippen molar-refractivity contribution in [2.75, 3.05) is 17.2 Å². The normalized spacial score (nSPS) is 10.6.